The predicted octanol–water partition coefficient (Wildman–Crippen LogP) is 7.78. The van der Waals surface area contributed by atoms with E-state index in [-0.39, 0.29) is 31.2 Å². The van der Waals surface area contributed by atoms with Crippen molar-refractivity contribution >= 4 is 0 Å². The zero-order valence-corrected chi connectivity index (χ0v) is 18.0. The molecule has 7 heteroatoms. The Balaban J connectivity index is 1.63. The van der Waals surface area contributed by atoms with E-state index in [1.54, 1.807) is 6.07 Å². The first kappa shape index (κ1) is 24.8. The van der Waals surface area contributed by atoms with Crippen LogP contribution in [0.5, 0.6) is 0 Å². The highest BCUT2D eigenvalue weighted by molar-refractivity contribution is 5.31. The smallest absolute Gasteiger partial charge is 0.207 e. The molecule has 0 saturated heterocycles. The number of hydrogen-bond donors (Lipinski definition) is 0. The minimum Gasteiger partial charge on any atom is -0.207 e. The summed E-state index contributed by atoms with van der Waals surface area (Å²) in [5.41, 5.74) is 0.424. The quantitative estimate of drug-likeness (QED) is 0.296. The monoisotopic (exact) mass is 468 g/mol. The van der Waals surface area contributed by atoms with E-state index in [9.17, 15) is 30.7 Å². The molecule has 0 amide bonds. The molecular weight excluding hydrogens is 445 g/mol. The molecule has 0 aliphatic carbocycles. The van der Waals surface area contributed by atoms with E-state index < -0.39 is 35.0 Å². The third kappa shape index (κ3) is 6.36. The van der Waals surface area contributed by atoms with Gasteiger partial charge >= 0.3 is 6.18 Å². The van der Waals surface area contributed by atoms with Gasteiger partial charge in [-0.3, -0.25) is 0 Å². The number of aryl methyl sites for hydroxylation is 4. The Morgan fingerprint density at radius 1 is 0.576 bits per heavy atom. The largest absolute Gasteiger partial charge is 0.419 e. The second-order valence-electron chi connectivity index (χ2n) is 8.03. The van der Waals surface area contributed by atoms with Crippen molar-refractivity contribution in [3.05, 3.63) is 105 Å². The van der Waals surface area contributed by atoms with Crippen LogP contribution in [0.25, 0.3) is 0 Å². The molecule has 3 aromatic rings. The fourth-order valence-electron chi connectivity index (χ4n) is 3.77. The fraction of sp³-hybridized carbons (Fsp3) is 0.308. The van der Waals surface area contributed by atoms with E-state index in [1.807, 2.05) is 6.92 Å². The lowest BCUT2D eigenvalue weighted by molar-refractivity contribution is -0.140. The van der Waals surface area contributed by atoms with Crippen LogP contribution in [-0.4, -0.2) is 0 Å². The third-order valence-corrected chi connectivity index (χ3v) is 5.54. The Kier molecular flexibility index (Phi) is 7.82. The van der Waals surface area contributed by atoms with Gasteiger partial charge in [-0.25, -0.2) is 17.6 Å². The van der Waals surface area contributed by atoms with Gasteiger partial charge < -0.3 is 0 Å². The van der Waals surface area contributed by atoms with Crippen molar-refractivity contribution in [3.8, 4) is 0 Å². The molecule has 0 atom stereocenters. The van der Waals surface area contributed by atoms with Crippen molar-refractivity contribution in [1.29, 1.82) is 0 Å². The van der Waals surface area contributed by atoms with E-state index in [0.29, 0.717) is 34.7 Å². The first-order valence-electron chi connectivity index (χ1n) is 10.7. The third-order valence-electron chi connectivity index (χ3n) is 5.54. The second-order valence-corrected chi connectivity index (χ2v) is 8.03. The van der Waals surface area contributed by atoms with Gasteiger partial charge in [-0.1, -0.05) is 31.5 Å². The molecule has 0 nitrogen and oxygen atoms in total. The lowest BCUT2D eigenvalue weighted by Gasteiger charge is -2.11. The fourth-order valence-corrected chi connectivity index (χ4v) is 3.77. The maximum Gasteiger partial charge on any atom is 0.419 e. The molecule has 0 N–H and O–H groups in total. The summed E-state index contributed by atoms with van der Waals surface area (Å²) in [5, 5.41) is 0. The molecule has 176 valence electrons. The molecule has 0 fully saturated rings. The van der Waals surface area contributed by atoms with Gasteiger partial charge in [0.05, 0.1) is 5.56 Å². The van der Waals surface area contributed by atoms with Crippen molar-refractivity contribution in [2.45, 2.75) is 51.6 Å². The predicted molar refractivity (Wildman–Crippen MR) is 113 cm³/mol. The van der Waals surface area contributed by atoms with Crippen LogP contribution >= 0.6 is 0 Å². The van der Waals surface area contributed by atoms with Crippen molar-refractivity contribution < 1.29 is 30.7 Å². The van der Waals surface area contributed by atoms with Gasteiger partial charge in [0.1, 0.15) is 23.3 Å². The van der Waals surface area contributed by atoms with Crippen molar-refractivity contribution in [3.63, 3.8) is 0 Å². The van der Waals surface area contributed by atoms with Crippen LogP contribution in [0.2, 0.25) is 0 Å². The highest BCUT2D eigenvalue weighted by atomic mass is 19.4. The first-order valence-corrected chi connectivity index (χ1v) is 10.7. The summed E-state index contributed by atoms with van der Waals surface area (Å²) >= 11 is 0. The van der Waals surface area contributed by atoms with E-state index >= 15 is 0 Å². The molecule has 3 aromatic carbocycles. The zero-order chi connectivity index (χ0) is 24.2. The lowest BCUT2D eigenvalue weighted by atomic mass is 9.98. The molecule has 0 unspecified atom stereocenters. The molecule has 0 saturated carbocycles. The van der Waals surface area contributed by atoms with Gasteiger partial charge in [-0.15, -0.1) is 0 Å². The van der Waals surface area contributed by atoms with Crippen molar-refractivity contribution in [1.82, 2.24) is 0 Å². The van der Waals surface area contributed by atoms with Crippen LogP contribution in [-0.2, 0) is 38.3 Å². The van der Waals surface area contributed by atoms with E-state index in [1.165, 1.54) is 30.3 Å². The Hall–Kier alpha value is -2.83. The lowest BCUT2D eigenvalue weighted by Crippen LogP contribution is -2.08. The van der Waals surface area contributed by atoms with Crippen LogP contribution in [0, 0.1) is 23.3 Å². The Morgan fingerprint density at radius 2 is 1.12 bits per heavy atom. The summed E-state index contributed by atoms with van der Waals surface area (Å²) in [6.07, 6.45) is -2.77. The van der Waals surface area contributed by atoms with Gasteiger partial charge in [-0.05, 0) is 84.7 Å². The Bertz CT molecular complexity index is 1090. The zero-order valence-electron chi connectivity index (χ0n) is 18.0. The van der Waals surface area contributed by atoms with Gasteiger partial charge in [0, 0.05) is 5.56 Å². The molecular formula is C26H23F7. The SMILES string of the molecule is CCCc1cc(F)c(CCc2ccc(CCc3ccc(C(F)(F)F)c(F)c3)c(F)c2)c(F)c1. The van der Waals surface area contributed by atoms with E-state index in [2.05, 4.69) is 0 Å². The van der Waals surface area contributed by atoms with Gasteiger partial charge in [-0.2, -0.15) is 13.2 Å². The molecule has 33 heavy (non-hydrogen) atoms. The molecule has 0 spiro atoms. The molecule has 0 heterocycles. The molecule has 0 aliphatic heterocycles. The van der Waals surface area contributed by atoms with Crippen LogP contribution in [0.3, 0.4) is 0 Å². The number of hydrogen-bond acceptors (Lipinski definition) is 0. The average Bonchev–Trinajstić information content (AvgIpc) is 2.72. The Labute approximate surface area is 188 Å². The molecule has 0 aromatic heterocycles. The van der Waals surface area contributed by atoms with Crippen molar-refractivity contribution in [2.24, 2.45) is 0 Å². The van der Waals surface area contributed by atoms with Crippen LogP contribution in [0.1, 0.15) is 46.7 Å². The first-order chi connectivity index (χ1) is 15.6. The van der Waals surface area contributed by atoms with Crippen molar-refractivity contribution in [2.75, 3.05) is 0 Å². The van der Waals surface area contributed by atoms with Crippen LogP contribution < -0.4 is 0 Å². The second kappa shape index (κ2) is 10.4. The van der Waals surface area contributed by atoms with Gasteiger partial charge in [0.2, 0.25) is 0 Å². The van der Waals surface area contributed by atoms with E-state index in [0.717, 1.165) is 12.5 Å². The average molecular weight is 468 g/mol. The number of halogens is 7. The molecule has 0 aliphatic rings. The van der Waals surface area contributed by atoms with Crippen LogP contribution in [0.15, 0.2) is 48.5 Å². The normalized spacial score (nSPS) is 11.8. The summed E-state index contributed by atoms with van der Waals surface area (Å²) in [5.74, 6) is -3.12. The topological polar surface area (TPSA) is 0 Å². The standard InChI is InChI=1S/C26H23F7/c1-2-3-18-14-23(28)20(24(29)15-18)10-6-16-4-8-19(22(27)12-16)9-5-17-7-11-21(25(30)13-17)26(31,32)33/h4,7-8,11-15H,2-3,5-6,9-10H2,1H3. The Morgan fingerprint density at radius 3 is 1.67 bits per heavy atom. The minimum absolute atomic E-state index is 0.0383. The maximum absolute atomic E-state index is 14.5. The van der Waals surface area contributed by atoms with Gasteiger partial charge in [0.15, 0.2) is 0 Å². The van der Waals surface area contributed by atoms with Gasteiger partial charge in [0.25, 0.3) is 0 Å². The van der Waals surface area contributed by atoms with E-state index in [4.69, 9.17) is 0 Å². The highest BCUT2D eigenvalue weighted by Gasteiger charge is 2.33. The molecule has 0 radical (unpaired) electrons. The number of rotatable bonds is 8. The number of alkyl halides is 3. The summed E-state index contributed by atoms with van der Waals surface area (Å²) in [4.78, 5) is 0. The molecule has 0 bridgehead atoms. The summed E-state index contributed by atoms with van der Waals surface area (Å²) in [7, 11) is 0. The number of benzene rings is 3. The van der Waals surface area contributed by atoms with Crippen LogP contribution in [0.4, 0.5) is 30.7 Å². The summed E-state index contributed by atoms with van der Waals surface area (Å²) in [6.45, 7) is 1.92. The maximum atomic E-state index is 14.5. The summed E-state index contributed by atoms with van der Waals surface area (Å²) in [6, 6.07) is 9.78. The minimum atomic E-state index is -4.77. The molecule has 3 rings (SSSR count). The summed E-state index contributed by atoms with van der Waals surface area (Å²) < 4.78 is 94.7. The highest BCUT2D eigenvalue weighted by Crippen LogP contribution is 2.31.